The Bertz CT molecular complexity index is 1050. The molecule has 0 saturated heterocycles. The number of aliphatic carboxylic acids is 1. The molecule has 1 aliphatic heterocycles. The van der Waals surface area contributed by atoms with Crippen LogP contribution in [0.3, 0.4) is 0 Å². The summed E-state index contributed by atoms with van der Waals surface area (Å²) in [6.07, 6.45) is 3.30. The molecule has 2 aromatic rings. The molecule has 1 fully saturated rings. The van der Waals surface area contributed by atoms with Gasteiger partial charge in [0.1, 0.15) is 17.9 Å². The van der Waals surface area contributed by atoms with Gasteiger partial charge in [0.2, 0.25) is 0 Å². The molecule has 4 rings (SSSR count). The third-order valence-corrected chi connectivity index (χ3v) is 6.25. The topological polar surface area (TPSA) is 107 Å². The van der Waals surface area contributed by atoms with Gasteiger partial charge in [-0.25, -0.2) is 0 Å². The standard InChI is InChI=1S/C25H26N2O5/c28-21(29)14-26-24(31)22-23(30)19-8-4-5-9-20(19)27(25(22)32)15-16-10-12-18(13-11-16)17-6-2-1-3-7-17/h1-3,6-7,10-13,19-20,30H,4-5,8-9,14-15H2,(H,26,31)(H,28,29)/t19-,20?/m1/s1. The summed E-state index contributed by atoms with van der Waals surface area (Å²) in [5.41, 5.74) is 2.76. The molecule has 0 bridgehead atoms. The molecule has 0 spiro atoms. The number of carboxylic acids is 1. The molecular weight excluding hydrogens is 408 g/mol. The van der Waals surface area contributed by atoms with E-state index in [1.165, 1.54) is 0 Å². The van der Waals surface area contributed by atoms with Crippen molar-refractivity contribution in [3.05, 3.63) is 71.5 Å². The molecule has 2 aliphatic rings. The van der Waals surface area contributed by atoms with E-state index < -0.39 is 24.3 Å². The molecular formula is C25H26N2O5. The summed E-state index contributed by atoms with van der Waals surface area (Å²) in [5, 5.41) is 21.8. The van der Waals surface area contributed by atoms with Gasteiger partial charge in [-0.2, -0.15) is 0 Å². The molecule has 7 heteroatoms. The van der Waals surface area contributed by atoms with Crippen molar-refractivity contribution in [2.24, 2.45) is 5.92 Å². The van der Waals surface area contributed by atoms with Crippen molar-refractivity contribution in [3.8, 4) is 11.1 Å². The van der Waals surface area contributed by atoms with Gasteiger partial charge in [-0.15, -0.1) is 0 Å². The lowest BCUT2D eigenvalue weighted by Crippen LogP contribution is -2.53. The number of amides is 2. The molecule has 32 heavy (non-hydrogen) atoms. The summed E-state index contributed by atoms with van der Waals surface area (Å²) in [6.45, 7) is -0.296. The Labute approximate surface area is 186 Å². The van der Waals surface area contributed by atoms with Crippen LogP contribution in [-0.2, 0) is 20.9 Å². The summed E-state index contributed by atoms with van der Waals surface area (Å²) in [6, 6.07) is 17.8. The first-order chi connectivity index (χ1) is 15.5. The van der Waals surface area contributed by atoms with Crippen LogP contribution in [0.1, 0.15) is 31.2 Å². The molecule has 7 nitrogen and oxygen atoms in total. The Kier molecular flexibility index (Phi) is 6.25. The molecule has 2 aromatic carbocycles. The van der Waals surface area contributed by atoms with Gasteiger partial charge in [0, 0.05) is 18.5 Å². The number of carbonyl (C=O) groups excluding carboxylic acids is 2. The second-order valence-corrected chi connectivity index (χ2v) is 8.29. The number of aliphatic hydroxyl groups excluding tert-OH is 1. The molecule has 1 unspecified atom stereocenters. The monoisotopic (exact) mass is 434 g/mol. The highest BCUT2D eigenvalue weighted by Gasteiger charge is 2.44. The summed E-state index contributed by atoms with van der Waals surface area (Å²) in [4.78, 5) is 38.3. The molecule has 1 aliphatic carbocycles. The largest absolute Gasteiger partial charge is 0.511 e. The summed E-state index contributed by atoms with van der Waals surface area (Å²) in [7, 11) is 0. The van der Waals surface area contributed by atoms with Crippen LogP contribution in [-0.4, -0.2) is 45.5 Å². The number of aliphatic hydroxyl groups is 1. The van der Waals surface area contributed by atoms with Crippen LogP contribution in [0.15, 0.2) is 65.9 Å². The van der Waals surface area contributed by atoms with E-state index in [4.69, 9.17) is 5.11 Å². The van der Waals surface area contributed by atoms with Gasteiger partial charge >= 0.3 is 5.97 Å². The molecule has 3 N–H and O–H groups in total. The number of nitrogens with zero attached hydrogens (tertiary/aromatic N) is 1. The number of hydrogen-bond donors (Lipinski definition) is 3. The van der Waals surface area contributed by atoms with E-state index in [0.717, 1.165) is 36.0 Å². The average Bonchev–Trinajstić information content (AvgIpc) is 2.81. The number of benzene rings is 2. The highest BCUT2D eigenvalue weighted by atomic mass is 16.4. The van der Waals surface area contributed by atoms with Gasteiger partial charge in [0.15, 0.2) is 0 Å². The van der Waals surface area contributed by atoms with Crippen molar-refractivity contribution in [2.75, 3.05) is 6.54 Å². The van der Waals surface area contributed by atoms with Crippen molar-refractivity contribution in [1.29, 1.82) is 0 Å². The molecule has 0 radical (unpaired) electrons. The van der Waals surface area contributed by atoms with E-state index in [2.05, 4.69) is 5.32 Å². The summed E-state index contributed by atoms with van der Waals surface area (Å²) < 4.78 is 0. The first kappa shape index (κ1) is 21.6. The molecule has 1 heterocycles. The van der Waals surface area contributed by atoms with Crippen LogP contribution >= 0.6 is 0 Å². The lowest BCUT2D eigenvalue weighted by atomic mass is 9.78. The molecule has 166 valence electrons. The second kappa shape index (κ2) is 9.26. The maximum absolute atomic E-state index is 13.3. The average molecular weight is 434 g/mol. The van der Waals surface area contributed by atoms with Crippen LogP contribution in [0.2, 0.25) is 0 Å². The summed E-state index contributed by atoms with van der Waals surface area (Å²) >= 11 is 0. The number of nitrogens with one attached hydrogen (secondary N) is 1. The lowest BCUT2D eigenvalue weighted by Gasteiger charge is -2.43. The minimum absolute atomic E-state index is 0.180. The van der Waals surface area contributed by atoms with E-state index in [1.807, 2.05) is 54.6 Å². The lowest BCUT2D eigenvalue weighted by molar-refractivity contribution is -0.140. The fraction of sp³-hybridized carbons (Fsp3) is 0.320. The van der Waals surface area contributed by atoms with Gasteiger partial charge in [-0.3, -0.25) is 14.4 Å². The Balaban J connectivity index is 1.59. The van der Waals surface area contributed by atoms with Crippen LogP contribution in [0.5, 0.6) is 0 Å². The number of fused-ring (bicyclic) bond motifs is 1. The number of carboxylic acid groups (broad SMARTS) is 1. The van der Waals surface area contributed by atoms with Gasteiger partial charge < -0.3 is 20.4 Å². The van der Waals surface area contributed by atoms with Gasteiger partial charge in [-0.05, 0) is 29.5 Å². The first-order valence-corrected chi connectivity index (χ1v) is 10.8. The van der Waals surface area contributed by atoms with Crippen molar-refractivity contribution in [2.45, 2.75) is 38.3 Å². The minimum Gasteiger partial charge on any atom is -0.511 e. The third kappa shape index (κ3) is 4.37. The van der Waals surface area contributed by atoms with E-state index in [1.54, 1.807) is 4.90 Å². The van der Waals surface area contributed by atoms with Crippen molar-refractivity contribution in [3.63, 3.8) is 0 Å². The maximum Gasteiger partial charge on any atom is 0.322 e. The zero-order chi connectivity index (χ0) is 22.7. The van der Waals surface area contributed by atoms with Gasteiger partial charge in [0.25, 0.3) is 11.8 Å². The minimum atomic E-state index is -1.22. The smallest absolute Gasteiger partial charge is 0.322 e. The SMILES string of the molecule is O=C(O)CNC(=O)C1=C(O)[C@@H]2CCCCC2N(Cc2ccc(-c3ccccc3)cc2)C1=O. The second-order valence-electron chi connectivity index (χ2n) is 8.29. The molecule has 1 saturated carbocycles. The van der Waals surface area contributed by atoms with Crippen LogP contribution in [0.4, 0.5) is 0 Å². The Morgan fingerprint density at radius 1 is 0.969 bits per heavy atom. The molecule has 2 amide bonds. The Morgan fingerprint density at radius 2 is 1.62 bits per heavy atom. The van der Waals surface area contributed by atoms with Crippen LogP contribution in [0.25, 0.3) is 11.1 Å². The first-order valence-electron chi connectivity index (χ1n) is 10.8. The van der Waals surface area contributed by atoms with Gasteiger partial charge in [-0.1, -0.05) is 67.4 Å². The molecule has 2 atom stereocenters. The highest BCUT2D eigenvalue weighted by Crippen LogP contribution is 2.39. The fourth-order valence-electron chi connectivity index (χ4n) is 4.67. The van der Waals surface area contributed by atoms with Gasteiger partial charge in [0.05, 0.1) is 0 Å². The van der Waals surface area contributed by atoms with Crippen LogP contribution < -0.4 is 5.32 Å². The molecule has 0 aromatic heterocycles. The van der Waals surface area contributed by atoms with E-state index >= 15 is 0 Å². The Morgan fingerprint density at radius 3 is 2.31 bits per heavy atom. The number of rotatable bonds is 6. The quantitative estimate of drug-likeness (QED) is 0.605. The third-order valence-electron chi connectivity index (χ3n) is 6.25. The van der Waals surface area contributed by atoms with E-state index in [-0.39, 0.29) is 23.3 Å². The van der Waals surface area contributed by atoms with Crippen molar-refractivity contribution in [1.82, 2.24) is 10.2 Å². The fourth-order valence-corrected chi connectivity index (χ4v) is 4.67. The van der Waals surface area contributed by atoms with Crippen molar-refractivity contribution < 1.29 is 24.6 Å². The maximum atomic E-state index is 13.3. The predicted molar refractivity (Wildman–Crippen MR) is 118 cm³/mol. The van der Waals surface area contributed by atoms with E-state index in [0.29, 0.717) is 13.0 Å². The van der Waals surface area contributed by atoms with Crippen LogP contribution in [0, 0.1) is 5.92 Å². The zero-order valence-corrected chi connectivity index (χ0v) is 17.7. The van der Waals surface area contributed by atoms with Crippen molar-refractivity contribution >= 4 is 17.8 Å². The number of hydrogen-bond acceptors (Lipinski definition) is 4. The normalized spacial score (nSPS) is 20.6. The number of carbonyl (C=O) groups is 3. The zero-order valence-electron chi connectivity index (χ0n) is 17.7. The van der Waals surface area contributed by atoms with E-state index in [9.17, 15) is 19.5 Å². The Hall–Kier alpha value is -3.61. The highest BCUT2D eigenvalue weighted by molar-refractivity contribution is 6.19. The summed E-state index contributed by atoms with van der Waals surface area (Å²) in [5.74, 6) is -3.13. The predicted octanol–water partition coefficient (Wildman–Crippen LogP) is 3.27.